The molecular weight excluding hydrogens is 675 g/mol. The summed E-state index contributed by atoms with van der Waals surface area (Å²) in [5.74, 6) is 2.56. The standard InChI is InChI=1S/C48H36F2N2O2/c49-34-26-22-32(23-27-34)46-40(51-36-14-4-8-18-42(36)53-43-19-9-5-15-37(43)51)30-41(52-38-16-6-10-20-44(38)54-45-21-11-7-17-39(45)52)47(33-24-28-35(50)29-25-33)48(46)31-12-2-1-3-13-31/h4-11,14-31H,1-3,12-13H2. The van der Waals surface area contributed by atoms with Crippen LogP contribution in [0.15, 0.2) is 152 Å². The highest BCUT2D eigenvalue weighted by atomic mass is 19.1. The maximum atomic E-state index is 14.8. The number of fused-ring (bicyclic) bond motifs is 4. The minimum absolute atomic E-state index is 0.176. The van der Waals surface area contributed by atoms with Gasteiger partial charge >= 0.3 is 0 Å². The summed E-state index contributed by atoms with van der Waals surface area (Å²) in [4.78, 5) is 4.60. The lowest BCUT2D eigenvalue weighted by molar-refractivity contribution is 0.445. The molecule has 0 bridgehead atoms. The predicted molar refractivity (Wildman–Crippen MR) is 213 cm³/mol. The Balaban J connectivity index is 1.40. The number of rotatable bonds is 5. The molecule has 1 fully saturated rings. The Morgan fingerprint density at radius 3 is 1.13 bits per heavy atom. The van der Waals surface area contributed by atoms with Gasteiger partial charge in [-0.05, 0) is 114 Å². The third-order valence-electron chi connectivity index (χ3n) is 10.9. The van der Waals surface area contributed by atoms with Crippen LogP contribution in [-0.4, -0.2) is 0 Å². The summed E-state index contributed by atoms with van der Waals surface area (Å²) in [6.07, 6.45) is 5.37. The number of benzene rings is 7. The van der Waals surface area contributed by atoms with Crippen molar-refractivity contribution in [3.05, 3.63) is 169 Å². The van der Waals surface area contributed by atoms with Gasteiger partial charge in [0.1, 0.15) is 11.6 Å². The van der Waals surface area contributed by atoms with Crippen molar-refractivity contribution in [2.45, 2.75) is 38.0 Å². The summed E-state index contributed by atoms with van der Waals surface area (Å²) >= 11 is 0. The van der Waals surface area contributed by atoms with E-state index in [1.807, 2.05) is 97.1 Å². The number of ether oxygens (including phenoxy) is 2. The molecule has 0 atom stereocenters. The maximum Gasteiger partial charge on any atom is 0.151 e. The summed E-state index contributed by atoms with van der Waals surface area (Å²) in [5.41, 5.74) is 10.5. The molecule has 7 aromatic rings. The van der Waals surface area contributed by atoms with E-state index in [4.69, 9.17) is 9.47 Å². The van der Waals surface area contributed by atoms with E-state index in [9.17, 15) is 8.78 Å². The van der Waals surface area contributed by atoms with Gasteiger partial charge in [-0.3, -0.25) is 0 Å². The number of hydrogen-bond donors (Lipinski definition) is 0. The molecule has 3 aliphatic rings. The SMILES string of the molecule is Fc1ccc(-c2c(N3c4ccccc4Oc4ccccc43)cc(N3c4ccccc4Oc4ccccc43)c(-c3ccc(F)cc3)c2C2CCCCC2)cc1. The van der Waals surface area contributed by atoms with E-state index < -0.39 is 0 Å². The van der Waals surface area contributed by atoms with Crippen molar-refractivity contribution in [1.82, 2.24) is 0 Å². The van der Waals surface area contributed by atoms with Crippen molar-refractivity contribution in [2.75, 3.05) is 9.80 Å². The molecule has 0 saturated heterocycles. The van der Waals surface area contributed by atoms with Gasteiger partial charge in [0, 0.05) is 11.1 Å². The Morgan fingerprint density at radius 2 is 0.759 bits per heavy atom. The van der Waals surface area contributed by atoms with E-state index in [0.29, 0.717) is 0 Å². The Hall–Kier alpha value is -6.40. The Labute approximate surface area is 313 Å². The molecule has 1 saturated carbocycles. The zero-order chi connectivity index (χ0) is 36.2. The minimum atomic E-state index is -0.293. The number of halogens is 2. The van der Waals surface area contributed by atoms with E-state index >= 15 is 0 Å². The Bertz CT molecular complexity index is 2270. The normalized spacial score (nSPS) is 14.6. The fraction of sp³-hybridized carbons (Fsp3) is 0.125. The van der Waals surface area contributed by atoms with Gasteiger partial charge in [0.25, 0.3) is 0 Å². The van der Waals surface area contributed by atoms with E-state index in [-0.39, 0.29) is 17.6 Å². The lowest BCUT2D eigenvalue weighted by Crippen LogP contribution is -2.22. The van der Waals surface area contributed by atoms with Crippen LogP contribution in [0.2, 0.25) is 0 Å². The first-order valence-electron chi connectivity index (χ1n) is 18.7. The topological polar surface area (TPSA) is 24.9 Å². The van der Waals surface area contributed by atoms with Crippen molar-refractivity contribution < 1.29 is 18.3 Å². The summed E-state index contributed by atoms with van der Waals surface area (Å²) in [6.45, 7) is 0. The molecule has 0 radical (unpaired) electrons. The van der Waals surface area contributed by atoms with Crippen LogP contribution < -0.4 is 19.3 Å². The number of hydrogen-bond acceptors (Lipinski definition) is 4. The van der Waals surface area contributed by atoms with Gasteiger partial charge < -0.3 is 19.3 Å². The molecule has 0 N–H and O–H groups in total. The smallest absolute Gasteiger partial charge is 0.151 e. The van der Waals surface area contributed by atoms with E-state index in [2.05, 4.69) is 40.1 Å². The van der Waals surface area contributed by atoms with Crippen LogP contribution in [0, 0.1) is 11.6 Å². The van der Waals surface area contributed by atoms with Crippen LogP contribution in [0.5, 0.6) is 23.0 Å². The van der Waals surface area contributed by atoms with Gasteiger partial charge in [-0.1, -0.05) is 92.1 Å². The zero-order valence-corrected chi connectivity index (χ0v) is 29.5. The number of para-hydroxylation sites is 8. The molecule has 0 spiro atoms. The molecular formula is C48H36F2N2O2. The van der Waals surface area contributed by atoms with Crippen molar-refractivity contribution in [3.63, 3.8) is 0 Å². The van der Waals surface area contributed by atoms with Crippen molar-refractivity contribution in [3.8, 4) is 45.3 Å². The fourth-order valence-electron chi connectivity index (χ4n) is 8.60. The molecule has 54 heavy (non-hydrogen) atoms. The van der Waals surface area contributed by atoms with Gasteiger partial charge in [0.15, 0.2) is 23.0 Å². The highest BCUT2D eigenvalue weighted by Gasteiger charge is 2.36. The van der Waals surface area contributed by atoms with Crippen LogP contribution in [-0.2, 0) is 0 Å². The molecule has 2 heterocycles. The first-order chi connectivity index (χ1) is 26.6. The molecule has 0 unspecified atom stereocenters. The summed E-state index contributed by atoms with van der Waals surface area (Å²) < 4.78 is 42.6. The van der Waals surface area contributed by atoms with Crippen molar-refractivity contribution in [1.29, 1.82) is 0 Å². The molecule has 4 nitrogen and oxygen atoms in total. The van der Waals surface area contributed by atoms with Gasteiger partial charge in [-0.15, -0.1) is 0 Å². The second kappa shape index (κ2) is 13.2. The van der Waals surface area contributed by atoms with Crippen LogP contribution >= 0.6 is 0 Å². The Kier molecular flexibility index (Phi) is 7.90. The van der Waals surface area contributed by atoms with E-state index in [1.165, 1.54) is 12.0 Å². The highest BCUT2D eigenvalue weighted by Crippen LogP contribution is 2.60. The van der Waals surface area contributed by atoms with Crippen molar-refractivity contribution in [2.24, 2.45) is 0 Å². The number of anilines is 6. The molecule has 264 valence electrons. The van der Waals surface area contributed by atoms with E-state index in [0.717, 1.165) is 105 Å². The average molecular weight is 711 g/mol. The summed E-state index contributed by atoms with van der Waals surface area (Å²) in [7, 11) is 0. The third kappa shape index (κ3) is 5.40. The molecule has 10 rings (SSSR count). The average Bonchev–Trinajstić information content (AvgIpc) is 3.22. The lowest BCUT2D eigenvalue weighted by atomic mass is 9.75. The lowest BCUT2D eigenvalue weighted by Gasteiger charge is -2.40. The summed E-state index contributed by atoms with van der Waals surface area (Å²) in [6, 6.07) is 48.5. The predicted octanol–water partition coefficient (Wildman–Crippen LogP) is 14.5. The third-order valence-corrected chi connectivity index (χ3v) is 10.9. The molecule has 6 heteroatoms. The molecule has 0 aromatic heterocycles. The second-order valence-electron chi connectivity index (χ2n) is 14.2. The second-order valence-corrected chi connectivity index (χ2v) is 14.2. The van der Waals surface area contributed by atoms with Gasteiger partial charge in [-0.2, -0.15) is 0 Å². The molecule has 7 aromatic carbocycles. The zero-order valence-electron chi connectivity index (χ0n) is 29.5. The molecule has 2 aliphatic heterocycles. The van der Waals surface area contributed by atoms with Gasteiger partial charge in [-0.25, -0.2) is 8.78 Å². The Morgan fingerprint density at radius 1 is 0.407 bits per heavy atom. The van der Waals surface area contributed by atoms with Crippen LogP contribution in [0.4, 0.5) is 42.9 Å². The fourth-order valence-corrected chi connectivity index (χ4v) is 8.60. The van der Waals surface area contributed by atoms with E-state index in [1.54, 1.807) is 24.3 Å². The van der Waals surface area contributed by atoms with Crippen LogP contribution in [0.25, 0.3) is 22.3 Å². The van der Waals surface area contributed by atoms with Crippen LogP contribution in [0.3, 0.4) is 0 Å². The largest absolute Gasteiger partial charge is 0.453 e. The molecule has 1 aliphatic carbocycles. The monoisotopic (exact) mass is 710 g/mol. The first-order valence-corrected chi connectivity index (χ1v) is 18.7. The van der Waals surface area contributed by atoms with Crippen LogP contribution in [0.1, 0.15) is 43.6 Å². The maximum absolute atomic E-state index is 14.8. The number of nitrogens with zero attached hydrogens (tertiary/aromatic N) is 2. The molecule has 0 amide bonds. The minimum Gasteiger partial charge on any atom is -0.453 e. The first kappa shape index (κ1) is 32.3. The highest BCUT2D eigenvalue weighted by molar-refractivity contribution is 6.04. The van der Waals surface area contributed by atoms with Crippen molar-refractivity contribution >= 4 is 34.1 Å². The quantitative estimate of drug-likeness (QED) is 0.178. The van der Waals surface area contributed by atoms with Gasteiger partial charge in [0.2, 0.25) is 0 Å². The summed E-state index contributed by atoms with van der Waals surface area (Å²) in [5, 5.41) is 0. The van der Waals surface area contributed by atoms with Gasteiger partial charge in [0.05, 0.1) is 34.1 Å².